The number of esters is 1. The fourth-order valence-corrected chi connectivity index (χ4v) is 4.21. The van der Waals surface area contributed by atoms with Gasteiger partial charge in [-0.1, -0.05) is 30.3 Å². The first kappa shape index (κ1) is 22.7. The van der Waals surface area contributed by atoms with Crippen LogP contribution in [0.3, 0.4) is 0 Å². The summed E-state index contributed by atoms with van der Waals surface area (Å²) >= 11 is 1.17. The van der Waals surface area contributed by atoms with Crippen molar-refractivity contribution in [2.75, 3.05) is 19.5 Å². The van der Waals surface area contributed by atoms with Gasteiger partial charge in [-0.05, 0) is 36.8 Å². The van der Waals surface area contributed by atoms with Gasteiger partial charge in [-0.25, -0.2) is 9.18 Å². The SMILES string of the molecule is COC(=O)c1c(NC(=O)/C(C#N)=C/c2ccccc2OC)sc(C)c1-c1ccc(F)cc1. The first-order valence-electron chi connectivity index (χ1n) is 9.43. The van der Waals surface area contributed by atoms with Crippen LogP contribution >= 0.6 is 11.3 Å². The van der Waals surface area contributed by atoms with Gasteiger partial charge in [0.05, 0.1) is 14.2 Å². The molecule has 1 amide bonds. The minimum absolute atomic E-state index is 0.143. The summed E-state index contributed by atoms with van der Waals surface area (Å²) in [5.41, 5.74) is 1.67. The number of halogens is 1. The topological polar surface area (TPSA) is 88.4 Å². The first-order chi connectivity index (χ1) is 15.4. The molecular formula is C24H19FN2O4S. The Kier molecular flexibility index (Phi) is 7.03. The quantitative estimate of drug-likeness (QED) is 0.317. The number of anilines is 1. The third kappa shape index (κ3) is 4.68. The van der Waals surface area contributed by atoms with E-state index in [0.717, 1.165) is 4.88 Å². The molecule has 0 radical (unpaired) electrons. The summed E-state index contributed by atoms with van der Waals surface area (Å²) in [6, 6.07) is 14.5. The number of nitriles is 1. The fourth-order valence-electron chi connectivity index (χ4n) is 3.15. The summed E-state index contributed by atoms with van der Waals surface area (Å²) in [4.78, 5) is 26.2. The summed E-state index contributed by atoms with van der Waals surface area (Å²) in [6.45, 7) is 1.78. The predicted octanol–water partition coefficient (Wildman–Crippen LogP) is 5.20. The molecule has 2 aromatic carbocycles. The number of benzene rings is 2. The van der Waals surface area contributed by atoms with E-state index < -0.39 is 17.7 Å². The second-order valence-corrected chi connectivity index (χ2v) is 7.83. The van der Waals surface area contributed by atoms with Crippen LogP contribution in [0, 0.1) is 24.1 Å². The molecule has 8 heteroatoms. The molecule has 0 aliphatic carbocycles. The van der Waals surface area contributed by atoms with Crippen LogP contribution in [0.4, 0.5) is 9.39 Å². The summed E-state index contributed by atoms with van der Waals surface area (Å²) in [5, 5.41) is 12.4. The van der Waals surface area contributed by atoms with Crippen LogP contribution < -0.4 is 10.1 Å². The van der Waals surface area contributed by atoms with Crippen molar-refractivity contribution >= 4 is 34.3 Å². The van der Waals surface area contributed by atoms with E-state index in [1.165, 1.54) is 43.8 Å². The first-order valence-corrected chi connectivity index (χ1v) is 10.2. The van der Waals surface area contributed by atoms with E-state index in [0.29, 0.717) is 22.4 Å². The monoisotopic (exact) mass is 450 g/mol. The number of hydrogen-bond donors (Lipinski definition) is 1. The Labute approximate surface area is 188 Å². The number of amides is 1. The molecule has 0 aliphatic rings. The van der Waals surface area contributed by atoms with Gasteiger partial charge >= 0.3 is 5.97 Å². The Morgan fingerprint density at radius 3 is 2.44 bits per heavy atom. The Bertz CT molecular complexity index is 1240. The van der Waals surface area contributed by atoms with Gasteiger partial charge in [-0.3, -0.25) is 4.79 Å². The molecule has 0 aliphatic heterocycles. The molecule has 0 unspecified atom stereocenters. The third-order valence-corrected chi connectivity index (χ3v) is 5.66. The van der Waals surface area contributed by atoms with E-state index in [2.05, 4.69) is 5.32 Å². The number of thiophene rings is 1. The Morgan fingerprint density at radius 2 is 1.81 bits per heavy atom. The highest BCUT2D eigenvalue weighted by molar-refractivity contribution is 7.17. The zero-order chi connectivity index (χ0) is 23.3. The molecule has 162 valence electrons. The molecule has 3 rings (SSSR count). The second-order valence-electron chi connectivity index (χ2n) is 6.60. The Morgan fingerprint density at radius 1 is 1.12 bits per heavy atom. The van der Waals surface area contributed by atoms with Crippen molar-refractivity contribution in [3.63, 3.8) is 0 Å². The van der Waals surface area contributed by atoms with Crippen LogP contribution in [0.2, 0.25) is 0 Å². The van der Waals surface area contributed by atoms with Crippen molar-refractivity contribution in [1.29, 1.82) is 5.26 Å². The lowest BCUT2D eigenvalue weighted by molar-refractivity contribution is -0.112. The van der Waals surface area contributed by atoms with E-state index in [9.17, 15) is 19.2 Å². The molecule has 0 saturated heterocycles. The summed E-state index contributed by atoms with van der Waals surface area (Å²) in [7, 11) is 2.73. The molecule has 1 aromatic heterocycles. The van der Waals surface area contributed by atoms with E-state index >= 15 is 0 Å². The summed E-state index contributed by atoms with van der Waals surface area (Å²) < 4.78 is 23.5. The molecule has 0 fully saturated rings. The maximum absolute atomic E-state index is 13.4. The van der Waals surface area contributed by atoms with Gasteiger partial charge in [0, 0.05) is 16.0 Å². The zero-order valence-electron chi connectivity index (χ0n) is 17.6. The average Bonchev–Trinajstić information content (AvgIpc) is 3.12. The highest BCUT2D eigenvalue weighted by atomic mass is 32.1. The Balaban J connectivity index is 2.02. The molecule has 1 heterocycles. The molecule has 0 spiro atoms. The van der Waals surface area contributed by atoms with Crippen molar-refractivity contribution in [2.45, 2.75) is 6.92 Å². The normalized spacial score (nSPS) is 10.9. The number of carbonyl (C=O) groups is 2. The van der Waals surface area contributed by atoms with Gasteiger partial charge in [0.25, 0.3) is 5.91 Å². The number of ether oxygens (including phenoxy) is 2. The lowest BCUT2D eigenvalue weighted by atomic mass is 10.0. The van der Waals surface area contributed by atoms with Gasteiger partial charge in [-0.2, -0.15) is 5.26 Å². The molecule has 0 atom stereocenters. The Hall–Kier alpha value is -3.96. The van der Waals surface area contributed by atoms with E-state index in [-0.39, 0.29) is 16.1 Å². The summed E-state index contributed by atoms with van der Waals surface area (Å²) in [5.74, 6) is -1.24. The summed E-state index contributed by atoms with van der Waals surface area (Å²) in [6.07, 6.45) is 1.41. The predicted molar refractivity (Wildman–Crippen MR) is 121 cm³/mol. The molecule has 32 heavy (non-hydrogen) atoms. The van der Waals surface area contributed by atoms with Crippen molar-refractivity contribution in [1.82, 2.24) is 0 Å². The fraction of sp³-hybridized carbons (Fsp3) is 0.125. The van der Waals surface area contributed by atoms with Crippen molar-refractivity contribution in [3.05, 3.63) is 75.9 Å². The number of rotatable bonds is 6. The molecule has 1 N–H and O–H groups in total. The van der Waals surface area contributed by atoms with Gasteiger partial charge in [0.15, 0.2) is 0 Å². The van der Waals surface area contributed by atoms with Gasteiger partial charge in [-0.15, -0.1) is 11.3 Å². The van der Waals surface area contributed by atoms with Crippen molar-refractivity contribution in [3.8, 4) is 22.9 Å². The standard InChI is InChI=1S/C24H19FN2O4S/c1-14-20(15-8-10-18(25)11-9-15)21(24(29)31-3)23(32-14)27-22(28)17(13-26)12-16-6-4-5-7-19(16)30-2/h4-12H,1-3H3,(H,27,28)/b17-12+. The van der Waals surface area contributed by atoms with Gasteiger partial charge in [0.1, 0.15) is 33.8 Å². The minimum atomic E-state index is -0.685. The minimum Gasteiger partial charge on any atom is -0.496 e. The van der Waals surface area contributed by atoms with Crippen LogP contribution in [0.25, 0.3) is 17.2 Å². The smallest absolute Gasteiger partial charge is 0.341 e. The molecular weight excluding hydrogens is 431 g/mol. The van der Waals surface area contributed by atoms with Crippen LogP contribution in [-0.2, 0) is 9.53 Å². The molecule has 0 bridgehead atoms. The van der Waals surface area contributed by atoms with Crippen LogP contribution in [0.15, 0.2) is 54.1 Å². The van der Waals surface area contributed by atoms with Crippen LogP contribution in [0.5, 0.6) is 5.75 Å². The van der Waals surface area contributed by atoms with Crippen molar-refractivity contribution in [2.24, 2.45) is 0 Å². The number of nitrogens with one attached hydrogen (secondary N) is 1. The number of carbonyl (C=O) groups excluding carboxylic acids is 2. The number of para-hydroxylation sites is 1. The van der Waals surface area contributed by atoms with E-state index in [1.807, 2.05) is 6.07 Å². The van der Waals surface area contributed by atoms with Crippen LogP contribution in [0.1, 0.15) is 20.8 Å². The van der Waals surface area contributed by atoms with E-state index in [4.69, 9.17) is 9.47 Å². The van der Waals surface area contributed by atoms with Gasteiger partial charge in [0.2, 0.25) is 0 Å². The molecule has 3 aromatic rings. The third-order valence-electron chi connectivity index (χ3n) is 4.64. The molecule has 6 nitrogen and oxygen atoms in total. The number of hydrogen-bond acceptors (Lipinski definition) is 6. The average molecular weight is 450 g/mol. The number of aryl methyl sites for hydroxylation is 1. The number of nitrogens with zero attached hydrogens (tertiary/aromatic N) is 1. The highest BCUT2D eigenvalue weighted by Gasteiger charge is 2.26. The maximum Gasteiger partial charge on any atom is 0.341 e. The number of methoxy groups -OCH3 is 2. The molecule has 0 saturated carbocycles. The highest BCUT2D eigenvalue weighted by Crippen LogP contribution is 2.40. The largest absolute Gasteiger partial charge is 0.496 e. The maximum atomic E-state index is 13.4. The zero-order valence-corrected chi connectivity index (χ0v) is 18.4. The lowest BCUT2D eigenvalue weighted by Gasteiger charge is -2.08. The lowest BCUT2D eigenvalue weighted by Crippen LogP contribution is -2.15. The van der Waals surface area contributed by atoms with Crippen molar-refractivity contribution < 1.29 is 23.5 Å². The van der Waals surface area contributed by atoms with Crippen LogP contribution in [-0.4, -0.2) is 26.1 Å². The van der Waals surface area contributed by atoms with E-state index in [1.54, 1.807) is 43.3 Å². The van der Waals surface area contributed by atoms with Gasteiger partial charge < -0.3 is 14.8 Å². The second kappa shape index (κ2) is 9.90.